The lowest BCUT2D eigenvalue weighted by atomic mass is 9.98. The van der Waals surface area contributed by atoms with Crippen LogP contribution in [-0.2, 0) is 11.8 Å². The number of aliphatic carboxylic acids is 1. The first kappa shape index (κ1) is 13.2. The summed E-state index contributed by atoms with van der Waals surface area (Å²) in [7, 11) is 1.88. The van der Waals surface area contributed by atoms with Crippen molar-refractivity contribution in [2.45, 2.75) is 12.8 Å². The highest BCUT2D eigenvalue weighted by molar-refractivity contribution is 7.17. The van der Waals surface area contributed by atoms with E-state index >= 15 is 0 Å². The van der Waals surface area contributed by atoms with Crippen LogP contribution in [0.1, 0.15) is 23.3 Å². The fourth-order valence-corrected chi connectivity index (χ4v) is 3.63. The van der Waals surface area contributed by atoms with Crippen LogP contribution in [0, 0.1) is 5.92 Å². The van der Waals surface area contributed by atoms with Crippen molar-refractivity contribution in [1.82, 2.24) is 9.47 Å². The predicted octanol–water partition coefficient (Wildman–Crippen LogP) is 2.18. The molecule has 3 rings (SSSR count). The molecule has 0 radical (unpaired) electrons. The van der Waals surface area contributed by atoms with E-state index in [1.807, 2.05) is 29.1 Å². The van der Waals surface area contributed by atoms with Crippen molar-refractivity contribution >= 4 is 33.4 Å². The van der Waals surface area contributed by atoms with E-state index in [1.165, 1.54) is 0 Å². The average Bonchev–Trinajstić information content (AvgIpc) is 3.02. The van der Waals surface area contributed by atoms with Gasteiger partial charge in [-0.2, -0.15) is 0 Å². The summed E-state index contributed by atoms with van der Waals surface area (Å²) in [5.41, 5.74) is 1.68. The first-order valence-corrected chi connectivity index (χ1v) is 7.51. The van der Waals surface area contributed by atoms with Crippen LogP contribution in [0.4, 0.5) is 0 Å². The van der Waals surface area contributed by atoms with Gasteiger partial charge in [0.2, 0.25) is 0 Å². The monoisotopic (exact) mass is 292 g/mol. The van der Waals surface area contributed by atoms with Gasteiger partial charge < -0.3 is 14.6 Å². The van der Waals surface area contributed by atoms with Crippen molar-refractivity contribution in [3.63, 3.8) is 0 Å². The normalized spacial score (nSPS) is 19.4. The van der Waals surface area contributed by atoms with Gasteiger partial charge in [0.05, 0.1) is 16.1 Å². The van der Waals surface area contributed by atoms with Crippen LogP contribution in [0.25, 0.3) is 10.2 Å². The zero-order valence-electron chi connectivity index (χ0n) is 11.2. The molecule has 1 fully saturated rings. The summed E-state index contributed by atoms with van der Waals surface area (Å²) in [4.78, 5) is 25.3. The Morgan fingerprint density at radius 2 is 2.25 bits per heavy atom. The van der Waals surface area contributed by atoms with E-state index in [0.29, 0.717) is 25.2 Å². The van der Waals surface area contributed by atoms with E-state index in [-0.39, 0.29) is 5.91 Å². The van der Waals surface area contributed by atoms with Crippen molar-refractivity contribution in [3.8, 4) is 0 Å². The van der Waals surface area contributed by atoms with Crippen LogP contribution >= 0.6 is 11.3 Å². The number of carboxylic acids is 1. The second kappa shape index (κ2) is 4.94. The molecule has 6 heteroatoms. The summed E-state index contributed by atoms with van der Waals surface area (Å²) < 4.78 is 2.97. The number of amides is 1. The highest BCUT2D eigenvalue weighted by Gasteiger charge is 2.29. The van der Waals surface area contributed by atoms with Gasteiger partial charge in [0.25, 0.3) is 5.91 Å². The van der Waals surface area contributed by atoms with Crippen molar-refractivity contribution in [3.05, 3.63) is 23.2 Å². The lowest BCUT2D eigenvalue weighted by Gasteiger charge is -2.30. The number of hydrogen-bond acceptors (Lipinski definition) is 3. The number of nitrogens with zero attached hydrogens (tertiary/aromatic N) is 2. The van der Waals surface area contributed by atoms with Crippen molar-refractivity contribution in [1.29, 1.82) is 0 Å². The number of rotatable bonds is 2. The molecule has 0 bridgehead atoms. The Hall–Kier alpha value is -1.82. The maximum Gasteiger partial charge on any atom is 0.308 e. The highest BCUT2D eigenvalue weighted by atomic mass is 32.1. The molecule has 1 aliphatic heterocycles. The molecule has 3 heterocycles. The largest absolute Gasteiger partial charge is 0.481 e. The fourth-order valence-electron chi connectivity index (χ4n) is 2.78. The first-order valence-electron chi connectivity index (χ1n) is 6.63. The van der Waals surface area contributed by atoms with Crippen molar-refractivity contribution < 1.29 is 14.7 Å². The molecule has 0 saturated carbocycles. The number of aryl methyl sites for hydroxylation is 1. The Kier molecular flexibility index (Phi) is 3.25. The minimum Gasteiger partial charge on any atom is -0.481 e. The van der Waals surface area contributed by atoms with E-state index in [4.69, 9.17) is 5.11 Å². The molecular weight excluding hydrogens is 276 g/mol. The Balaban J connectivity index is 1.86. The van der Waals surface area contributed by atoms with E-state index in [0.717, 1.165) is 16.6 Å². The number of fused-ring (bicyclic) bond motifs is 1. The summed E-state index contributed by atoms with van der Waals surface area (Å²) in [6.07, 6.45) is 1.41. The Labute approximate surface area is 120 Å². The Morgan fingerprint density at radius 1 is 1.45 bits per heavy atom. The number of carbonyl (C=O) groups is 2. The molecule has 0 aromatic carbocycles. The van der Waals surface area contributed by atoms with Gasteiger partial charge in [0.1, 0.15) is 5.69 Å². The minimum absolute atomic E-state index is 0.0677. The number of carboxylic acid groups (broad SMARTS) is 1. The van der Waals surface area contributed by atoms with Gasteiger partial charge in [0.15, 0.2) is 0 Å². The smallest absolute Gasteiger partial charge is 0.308 e. The zero-order valence-corrected chi connectivity index (χ0v) is 12.0. The van der Waals surface area contributed by atoms with Crippen molar-refractivity contribution in [2.75, 3.05) is 13.1 Å². The van der Waals surface area contributed by atoms with Crippen LogP contribution in [-0.4, -0.2) is 39.5 Å². The molecule has 20 heavy (non-hydrogen) atoms. The number of hydrogen-bond donors (Lipinski definition) is 1. The molecule has 1 saturated heterocycles. The lowest BCUT2D eigenvalue weighted by molar-refractivity contribution is -0.143. The minimum atomic E-state index is -0.810. The van der Waals surface area contributed by atoms with Crippen LogP contribution in [0.3, 0.4) is 0 Å². The van der Waals surface area contributed by atoms with Crippen molar-refractivity contribution in [2.24, 2.45) is 13.0 Å². The van der Waals surface area contributed by atoms with Gasteiger partial charge in [-0.15, -0.1) is 11.3 Å². The van der Waals surface area contributed by atoms with Crippen LogP contribution in [0.15, 0.2) is 17.5 Å². The van der Waals surface area contributed by atoms with Gasteiger partial charge in [-0.05, 0) is 30.4 Å². The number of thiophene rings is 1. The van der Waals surface area contributed by atoms with E-state index in [1.54, 1.807) is 16.2 Å². The summed E-state index contributed by atoms with van der Waals surface area (Å²) in [5.74, 6) is -1.31. The third-order valence-corrected chi connectivity index (χ3v) is 4.79. The molecular formula is C14H16N2O3S. The van der Waals surface area contributed by atoms with Gasteiger partial charge in [0, 0.05) is 20.1 Å². The molecule has 0 aliphatic carbocycles. The standard InChI is InChI=1S/C14H16N2O3S/c1-15-10-4-6-20-12(10)7-11(15)13(17)16-5-2-3-9(8-16)14(18)19/h4,6-7,9H,2-3,5,8H2,1H3,(H,18,19)/t9-/m1/s1. The Bertz CT molecular complexity index is 673. The van der Waals surface area contributed by atoms with Crippen LogP contribution in [0.2, 0.25) is 0 Å². The number of likely N-dealkylation sites (tertiary alicyclic amines) is 1. The molecule has 1 amide bonds. The molecule has 2 aromatic heterocycles. The molecule has 106 valence electrons. The van der Waals surface area contributed by atoms with Gasteiger partial charge in [-0.1, -0.05) is 0 Å². The molecule has 0 spiro atoms. The van der Waals surface area contributed by atoms with E-state index in [9.17, 15) is 9.59 Å². The summed E-state index contributed by atoms with van der Waals surface area (Å²) >= 11 is 1.61. The third kappa shape index (κ3) is 2.10. The Morgan fingerprint density at radius 3 is 2.95 bits per heavy atom. The lowest BCUT2D eigenvalue weighted by Crippen LogP contribution is -2.42. The van der Waals surface area contributed by atoms with Gasteiger partial charge in [-0.25, -0.2) is 0 Å². The molecule has 1 N–H and O–H groups in total. The molecule has 5 nitrogen and oxygen atoms in total. The molecule has 1 aliphatic rings. The topological polar surface area (TPSA) is 62.5 Å². The SMILES string of the molecule is Cn1c(C(=O)N2CCC[C@@H](C(=O)O)C2)cc2sccc21. The maximum absolute atomic E-state index is 12.6. The molecule has 2 aromatic rings. The molecule has 0 unspecified atom stereocenters. The molecule has 1 atom stereocenters. The first-order chi connectivity index (χ1) is 9.58. The zero-order chi connectivity index (χ0) is 14.3. The highest BCUT2D eigenvalue weighted by Crippen LogP contribution is 2.26. The van der Waals surface area contributed by atoms with E-state index < -0.39 is 11.9 Å². The summed E-state index contributed by atoms with van der Waals surface area (Å²) in [6.45, 7) is 0.953. The van der Waals surface area contributed by atoms with E-state index in [2.05, 4.69) is 0 Å². The second-order valence-electron chi connectivity index (χ2n) is 5.19. The van der Waals surface area contributed by atoms with Crippen LogP contribution < -0.4 is 0 Å². The fraction of sp³-hybridized carbons (Fsp3) is 0.429. The number of aromatic nitrogens is 1. The van der Waals surface area contributed by atoms with Gasteiger partial charge in [-0.3, -0.25) is 9.59 Å². The number of piperidine rings is 1. The summed E-state index contributed by atoms with van der Waals surface area (Å²) in [5, 5.41) is 11.1. The number of carbonyl (C=O) groups excluding carboxylic acids is 1. The quantitative estimate of drug-likeness (QED) is 0.922. The average molecular weight is 292 g/mol. The van der Waals surface area contributed by atoms with Gasteiger partial charge >= 0.3 is 5.97 Å². The van der Waals surface area contributed by atoms with Crippen LogP contribution in [0.5, 0.6) is 0 Å². The maximum atomic E-state index is 12.6. The predicted molar refractivity (Wildman–Crippen MR) is 77.1 cm³/mol. The second-order valence-corrected chi connectivity index (χ2v) is 6.13. The summed E-state index contributed by atoms with van der Waals surface area (Å²) in [6, 6.07) is 3.89. The third-order valence-electron chi connectivity index (χ3n) is 3.94.